The molecule has 1 amide bonds. The summed E-state index contributed by atoms with van der Waals surface area (Å²) in [5.41, 5.74) is 0.591. The van der Waals surface area contributed by atoms with Crippen LogP contribution in [0.4, 0.5) is 0 Å². The zero-order valence-corrected chi connectivity index (χ0v) is 17.7. The molecule has 7 nitrogen and oxygen atoms in total. The van der Waals surface area contributed by atoms with Gasteiger partial charge in [0.2, 0.25) is 0 Å². The van der Waals surface area contributed by atoms with Crippen molar-refractivity contribution in [2.45, 2.75) is 6.04 Å². The Hall–Kier alpha value is -2.74. The molecule has 30 heavy (non-hydrogen) atoms. The zero-order chi connectivity index (χ0) is 22.0. The number of ketones is 1. The smallest absolute Gasteiger partial charge is 0.295 e. The van der Waals surface area contributed by atoms with E-state index in [2.05, 4.69) is 0 Å². The first kappa shape index (κ1) is 22.0. The molecule has 0 spiro atoms. The first-order valence-corrected chi connectivity index (χ1v) is 9.65. The molecule has 2 aromatic carbocycles. The Morgan fingerprint density at radius 3 is 2.43 bits per heavy atom. The summed E-state index contributed by atoms with van der Waals surface area (Å²) in [6.07, 6.45) is 0. The van der Waals surface area contributed by atoms with Gasteiger partial charge in [0, 0.05) is 19.2 Å². The van der Waals surface area contributed by atoms with Crippen molar-refractivity contribution in [3.8, 4) is 11.5 Å². The number of hydrogen-bond donors (Lipinski definition) is 2. The predicted molar refractivity (Wildman–Crippen MR) is 112 cm³/mol. The number of carbonyl (C=O) groups excluding carboxylic acids is 2. The fraction of sp³-hybridized carbons (Fsp3) is 0.238. The van der Waals surface area contributed by atoms with Crippen LogP contribution in [0.3, 0.4) is 0 Å². The van der Waals surface area contributed by atoms with Gasteiger partial charge in [-0.05, 0) is 35.9 Å². The maximum atomic E-state index is 12.8. The number of aliphatic hydroxyl groups excluding tert-OH is 1. The molecule has 0 aliphatic carbocycles. The number of rotatable bonds is 6. The fourth-order valence-electron chi connectivity index (χ4n) is 3.31. The standard InChI is InChI=1S/C21H19Cl2NO6/c1-29-8-7-24-18(11-3-5-15(25)13(22)9-11)17(20(27)21(24)28)19(26)12-4-6-16(30-2)14(23)10-12/h3-6,9-10,18,25-26H,7-8H2,1-2H3/b19-17-. The van der Waals surface area contributed by atoms with Gasteiger partial charge < -0.3 is 24.6 Å². The third-order valence-corrected chi connectivity index (χ3v) is 5.39. The molecule has 1 aliphatic heterocycles. The number of benzene rings is 2. The van der Waals surface area contributed by atoms with Gasteiger partial charge in [-0.25, -0.2) is 0 Å². The first-order chi connectivity index (χ1) is 14.3. The van der Waals surface area contributed by atoms with Crippen molar-refractivity contribution >= 4 is 40.7 Å². The number of Topliss-reactive ketones (excluding diaryl/α,β-unsaturated/α-hetero) is 1. The third kappa shape index (κ3) is 3.96. The Bertz CT molecular complexity index is 1040. The van der Waals surface area contributed by atoms with Gasteiger partial charge in [-0.15, -0.1) is 0 Å². The van der Waals surface area contributed by atoms with Crippen LogP contribution in [0.1, 0.15) is 17.2 Å². The van der Waals surface area contributed by atoms with Crippen molar-refractivity contribution in [1.82, 2.24) is 4.90 Å². The topological polar surface area (TPSA) is 96.3 Å². The molecule has 0 aromatic heterocycles. The molecular weight excluding hydrogens is 433 g/mol. The van der Waals surface area contributed by atoms with Gasteiger partial charge in [-0.2, -0.15) is 0 Å². The van der Waals surface area contributed by atoms with Crippen LogP contribution in [0.2, 0.25) is 10.0 Å². The van der Waals surface area contributed by atoms with E-state index in [0.29, 0.717) is 11.3 Å². The lowest BCUT2D eigenvalue weighted by Gasteiger charge is -2.25. The maximum absolute atomic E-state index is 12.8. The number of halogens is 2. The number of methoxy groups -OCH3 is 2. The second-order valence-corrected chi connectivity index (χ2v) is 7.36. The van der Waals surface area contributed by atoms with Gasteiger partial charge >= 0.3 is 0 Å². The lowest BCUT2D eigenvalue weighted by Crippen LogP contribution is -2.32. The number of carbonyl (C=O) groups is 2. The van der Waals surface area contributed by atoms with Crippen LogP contribution in [-0.2, 0) is 14.3 Å². The molecule has 1 atom stereocenters. The number of hydrogen-bond acceptors (Lipinski definition) is 6. The molecule has 3 rings (SSSR count). The quantitative estimate of drug-likeness (QED) is 0.394. The van der Waals surface area contributed by atoms with Crippen molar-refractivity contribution in [1.29, 1.82) is 0 Å². The van der Waals surface area contributed by atoms with E-state index in [1.807, 2.05) is 0 Å². The minimum absolute atomic E-state index is 0.0531. The third-order valence-electron chi connectivity index (χ3n) is 4.79. The van der Waals surface area contributed by atoms with Crippen LogP contribution in [0.5, 0.6) is 11.5 Å². The van der Waals surface area contributed by atoms with E-state index in [1.165, 1.54) is 49.5 Å². The van der Waals surface area contributed by atoms with Gasteiger partial charge in [0.15, 0.2) is 0 Å². The van der Waals surface area contributed by atoms with Crippen molar-refractivity contribution in [3.63, 3.8) is 0 Å². The van der Waals surface area contributed by atoms with E-state index in [-0.39, 0.29) is 45.8 Å². The van der Waals surface area contributed by atoms with Gasteiger partial charge in [0.05, 0.1) is 35.4 Å². The number of amides is 1. The highest BCUT2D eigenvalue weighted by atomic mass is 35.5. The van der Waals surface area contributed by atoms with Gasteiger partial charge in [0.1, 0.15) is 17.3 Å². The Labute approximate surface area is 183 Å². The highest BCUT2D eigenvalue weighted by molar-refractivity contribution is 6.46. The molecular formula is C21H19Cl2NO6. The summed E-state index contributed by atoms with van der Waals surface area (Å²) in [4.78, 5) is 26.9. The van der Waals surface area contributed by atoms with Crippen LogP contribution in [0.15, 0.2) is 42.0 Å². The minimum Gasteiger partial charge on any atom is -0.507 e. The summed E-state index contributed by atoms with van der Waals surface area (Å²) in [5, 5.41) is 21.0. The average molecular weight is 452 g/mol. The Morgan fingerprint density at radius 1 is 1.10 bits per heavy atom. The normalized spacial score (nSPS) is 18.1. The molecule has 9 heteroatoms. The molecule has 2 aromatic rings. The van der Waals surface area contributed by atoms with Crippen LogP contribution in [0.25, 0.3) is 5.76 Å². The average Bonchev–Trinajstić information content (AvgIpc) is 2.98. The van der Waals surface area contributed by atoms with Gasteiger partial charge in [-0.1, -0.05) is 29.3 Å². The number of aliphatic hydroxyl groups is 1. The molecule has 1 unspecified atom stereocenters. The van der Waals surface area contributed by atoms with Crippen LogP contribution < -0.4 is 4.74 Å². The number of ether oxygens (including phenoxy) is 2. The second-order valence-electron chi connectivity index (χ2n) is 6.55. The fourth-order valence-corrected chi connectivity index (χ4v) is 3.76. The highest BCUT2D eigenvalue weighted by Crippen LogP contribution is 2.41. The molecule has 158 valence electrons. The van der Waals surface area contributed by atoms with E-state index in [0.717, 1.165) is 0 Å². The number of phenolic OH excluding ortho intramolecular Hbond substituents is 1. The number of aromatic hydroxyl groups is 1. The summed E-state index contributed by atoms with van der Waals surface area (Å²) < 4.78 is 10.2. The summed E-state index contributed by atoms with van der Waals surface area (Å²) in [6.45, 7) is 0.300. The molecule has 0 bridgehead atoms. The van der Waals surface area contributed by atoms with Gasteiger partial charge in [-0.3, -0.25) is 9.59 Å². The molecule has 2 N–H and O–H groups in total. The SMILES string of the molecule is COCCN1C(=O)C(=O)/C(=C(\O)c2ccc(OC)c(Cl)c2)C1c1ccc(O)c(Cl)c1. The van der Waals surface area contributed by atoms with Gasteiger partial charge in [0.25, 0.3) is 11.7 Å². The molecule has 1 heterocycles. The van der Waals surface area contributed by atoms with Crippen LogP contribution in [0, 0.1) is 0 Å². The molecule has 0 saturated carbocycles. The zero-order valence-electron chi connectivity index (χ0n) is 16.2. The largest absolute Gasteiger partial charge is 0.507 e. The predicted octanol–water partition coefficient (Wildman–Crippen LogP) is 3.78. The summed E-state index contributed by atoms with van der Waals surface area (Å²) >= 11 is 12.2. The summed E-state index contributed by atoms with van der Waals surface area (Å²) in [6, 6.07) is 7.94. The molecule has 0 radical (unpaired) electrons. The lowest BCUT2D eigenvalue weighted by molar-refractivity contribution is -0.140. The highest BCUT2D eigenvalue weighted by Gasteiger charge is 2.46. The number of nitrogens with zero attached hydrogens (tertiary/aromatic N) is 1. The molecule has 1 fully saturated rings. The Morgan fingerprint density at radius 2 is 1.83 bits per heavy atom. The Kier molecular flexibility index (Phi) is 6.55. The Balaban J connectivity index is 2.19. The first-order valence-electron chi connectivity index (χ1n) is 8.89. The van der Waals surface area contributed by atoms with E-state index < -0.39 is 17.7 Å². The number of phenols is 1. The van der Waals surface area contributed by atoms with E-state index >= 15 is 0 Å². The minimum atomic E-state index is -0.917. The van der Waals surface area contributed by atoms with E-state index in [1.54, 1.807) is 6.07 Å². The molecule has 1 saturated heterocycles. The van der Waals surface area contributed by atoms with Crippen molar-refractivity contribution in [2.24, 2.45) is 0 Å². The lowest BCUT2D eigenvalue weighted by atomic mass is 9.95. The second kappa shape index (κ2) is 8.95. The monoisotopic (exact) mass is 451 g/mol. The van der Waals surface area contributed by atoms with Crippen molar-refractivity contribution in [3.05, 3.63) is 63.1 Å². The summed E-state index contributed by atoms with van der Waals surface area (Å²) in [5.74, 6) is -1.74. The van der Waals surface area contributed by atoms with Crippen LogP contribution in [-0.4, -0.2) is 54.2 Å². The van der Waals surface area contributed by atoms with Crippen molar-refractivity contribution < 1.29 is 29.3 Å². The number of likely N-dealkylation sites (tertiary alicyclic amines) is 1. The van der Waals surface area contributed by atoms with E-state index in [9.17, 15) is 19.8 Å². The van der Waals surface area contributed by atoms with Crippen LogP contribution >= 0.6 is 23.2 Å². The maximum Gasteiger partial charge on any atom is 0.295 e. The van der Waals surface area contributed by atoms with Crippen molar-refractivity contribution in [2.75, 3.05) is 27.4 Å². The molecule has 1 aliphatic rings. The summed E-state index contributed by atoms with van der Waals surface area (Å²) in [7, 11) is 2.93. The van der Waals surface area contributed by atoms with E-state index in [4.69, 9.17) is 32.7 Å².